The van der Waals surface area contributed by atoms with Crippen LogP contribution >= 0.6 is 0 Å². The maximum atomic E-state index is 13.1. The van der Waals surface area contributed by atoms with Gasteiger partial charge in [-0.2, -0.15) is 0 Å². The first-order chi connectivity index (χ1) is 11.1. The largest absolute Gasteiger partial charge is 0.334 e. The number of unbranched alkanes of at least 4 members (excludes halogenated alkanes) is 1. The van der Waals surface area contributed by atoms with Crippen LogP contribution in [0.5, 0.6) is 0 Å². The number of anilines is 1. The highest BCUT2D eigenvalue weighted by Crippen LogP contribution is 2.18. The fourth-order valence-electron chi connectivity index (χ4n) is 2.40. The third-order valence-corrected chi connectivity index (χ3v) is 3.70. The highest BCUT2D eigenvalue weighted by atomic mass is 19.1. The van der Waals surface area contributed by atoms with Gasteiger partial charge in [-0.25, -0.2) is 9.18 Å². The first-order valence-electron chi connectivity index (χ1n) is 7.97. The number of carbonyl (C=O) groups is 1. The van der Waals surface area contributed by atoms with Crippen LogP contribution in [0.4, 0.5) is 14.9 Å². The monoisotopic (exact) mass is 314 g/mol. The number of nitrogens with one attached hydrogen (secondary N) is 2. The molecule has 0 aromatic heterocycles. The molecule has 0 unspecified atom stereocenters. The highest BCUT2D eigenvalue weighted by Gasteiger charge is 2.05. The van der Waals surface area contributed by atoms with Crippen molar-refractivity contribution in [3.05, 3.63) is 65.0 Å². The SMILES string of the molecule is CCCCc1ccc(NC(=O)NCc2cccc(F)c2)c(C)c1. The second-order valence-electron chi connectivity index (χ2n) is 5.69. The van der Waals surface area contributed by atoms with Gasteiger partial charge in [-0.05, 0) is 54.7 Å². The van der Waals surface area contributed by atoms with E-state index < -0.39 is 0 Å². The molecule has 23 heavy (non-hydrogen) atoms. The lowest BCUT2D eigenvalue weighted by Gasteiger charge is -2.11. The fourth-order valence-corrected chi connectivity index (χ4v) is 2.40. The summed E-state index contributed by atoms with van der Waals surface area (Å²) in [6, 6.07) is 12.0. The minimum absolute atomic E-state index is 0.289. The molecule has 0 saturated heterocycles. The van der Waals surface area contributed by atoms with Gasteiger partial charge in [-0.3, -0.25) is 0 Å². The second-order valence-corrected chi connectivity index (χ2v) is 5.69. The van der Waals surface area contributed by atoms with Crippen molar-refractivity contribution in [2.75, 3.05) is 5.32 Å². The number of aryl methyl sites for hydroxylation is 2. The predicted molar refractivity (Wildman–Crippen MR) is 92.0 cm³/mol. The Morgan fingerprint density at radius 1 is 1.13 bits per heavy atom. The topological polar surface area (TPSA) is 41.1 Å². The molecule has 0 atom stereocenters. The minimum atomic E-state index is -0.303. The van der Waals surface area contributed by atoms with Crippen LogP contribution in [0.2, 0.25) is 0 Å². The van der Waals surface area contributed by atoms with E-state index in [0.29, 0.717) is 0 Å². The minimum Gasteiger partial charge on any atom is -0.334 e. The number of halogens is 1. The van der Waals surface area contributed by atoms with Gasteiger partial charge in [0.1, 0.15) is 5.82 Å². The normalized spacial score (nSPS) is 10.4. The summed E-state index contributed by atoms with van der Waals surface area (Å²) in [6.45, 7) is 4.45. The average Bonchev–Trinajstić information content (AvgIpc) is 2.53. The fraction of sp³-hybridized carbons (Fsp3) is 0.316. The van der Waals surface area contributed by atoms with Crippen LogP contribution < -0.4 is 10.6 Å². The molecule has 2 N–H and O–H groups in total. The molecule has 0 radical (unpaired) electrons. The van der Waals surface area contributed by atoms with E-state index in [1.165, 1.54) is 30.5 Å². The zero-order valence-electron chi connectivity index (χ0n) is 13.7. The quantitative estimate of drug-likeness (QED) is 0.790. The van der Waals surface area contributed by atoms with Gasteiger partial charge in [-0.1, -0.05) is 37.6 Å². The van der Waals surface area contributed by atoms with Crippen molar-refractivity contribution >= 4 is 11.7 Å². The predicted octanol–water partition coefficient (Wildman–Crippen LogP) is 4.80. The smallest absolute Gasteiger partial charge is 0.319 e. The van der Waals surface area contributed by atoms with Gasteiger partial charge in [0.15, 0.2) is 0 Å². The van der Waals surface area contributed by atoms with Gasteiger partial charge >= 0.3 is 6.03 Å². The molecule has 0 bridgehead atoms. The molecular weight excluding hydrogens is 291 g/mol. The number of hydrogen-bond acceptors (Lipinski definition) is 1. The van der Waals surface area contributed by atoms with Crippen molar-refractivity contribution in [1.82, 2.24) is 5.32 Å². The molecule has 4 heteroatoms. The number of hydrogen-bond donors (Lipinski definition) is 2. The molecule has 0 aliphatic carbocycles. The van der Waals surface area contributed by atoms with Crippen molar-refractivity contribution in [1.29, 1.82) is 0 Å². The van der Waals surface area contributed by atoms with Crippen LogP contribution in [-0.2, 0) is 13.0 Å². The lowest BCUT2D eigenvalue weighted by atomic mass is 10.0. The maximum Gasteiger partial charge on any atom is 0.319 e. The van der Waals surface area contributed by atoms with Crippen LogP contribution in [0.1, 0.15) is 36.5 Å². The number of benzene rings is 2. The molecule has 122 valence electrons. The average molecular weight is 314 g/mol. The summed E-state index contributed by atoms with van der Waals surface area (Å²) in [6.07, 6.45) is 3.39. The molecule has 0 saturated carbocycles. The first kappa shape index (κ1) is 17.0. The van der Waals surface area contributed by atoms with E-state index >= 15 is 0 Å². The molecular formula is C19H23FN2O. The van der Waals surface area contributed by atoms with Crippen molar-refractivity contribution < 1.29 is 9.18 Å². The zero-order chi connectivity index (χ0) is 16.7. The summed E-state index contributed by atoms with van der Waals surface area (Å²) in [7, 11) is 0. The third kappa shape index (κ3) is 5.40. The van der Waals surface area contributed by atoms with E-state index in [4.69, 9.17) is 0 Å². The van der Waals surface area contributed by atoms with E-state index in [2.05, 4.69) is 23.6 Å². The van der Waals surface area contributed by atoms with Crippen LogP contribution in [0.25, 0.3) is 0 Å². The summed E-state index contributed by atoms with van der Waals surface area (Å²) >= 11 is 0. The number of urea groups is 1. The Labute approximate surface area is 136 Å². The van der Waals surface area contributed by atoms with Gasteiger partial charge < -0.3 is 10.6 Å². The highest BCUT2D eigenvalue weighted by molar-refractivity contribution is 5.90. The number of rotatable bonds is 6. The first-order valence-corrected chi connectivity index (χ1v) is 7.97. The standard InChI is InChI=1S/C19H23FN2O/c1-3-4-6-15-9-10-18(14(2)11-15)22-19(23)21-13-16-7-5-8-17(20)12-16/h5,7-12H,3-4,6,13H2,1-2H3,(H2,21,22,23). The van der Waals surface area contributed by atoms with E-state index in [9.17, 15) is 9.18 Å². The Morgan fingerprint density at radius 3 is 2.65 bits per heavy atom. The van der Waals surface area contributed by atoms with Crippen molar-refractivity contribution in [3.8, 4) is 0 Å². The molecule has 2 aromatic rings. The summed E-state index contributed by atoms with van der Waals surface area (Å²) in [5.41, 5.74) is 3.85. The Balaban J connectivity index is 1.89. The van der Waals surface area contributed by atoms with E-state index in [1.807, 2.05) is 19.1 Å². The number of amides is 2. The molecule has 0 fully saturated rings. The molecule has 2 rings (SSSR count). The molecule has 0 aliphatic heterocycles. The lowest BCUT2D eigenvalue weighted by molar-refractivity contribution is 0.251. The number of carbonyl (C=O) groups excluding carboxylic acids is 1. The van der Waals surface area contributed by atoms with Crippen LogP contribution in [0, 0.1) is 12.7 Å². The van der Waals surface area contributed by atoms with Gasteiger partial charge in [0.25, 0.3) is 0 Å². The van der Waals surface area contributed by atoms with Crippen molar-refractivity contribution in [2.45, 2.75) is 39.7 Å². The van der Waals surface area contributed by atoms with Crippen molar-refractivity contribution in [3.63, 3.8) is 0 Å². The van der Waals surface area contributed by atoms with Gasteiger partial charge in [-0.15, -0.1) is 0 Å². The third-order valence-electron chi connectivity index (χ3n) is 3.70. The lowest BCUT2D eigenvalue weighted by Crippen LogP contribution is -2.28. The molecule has 3 nitrogen and oxygen atoms in total. The summed E-state index contributed by atoms with van der Waals surface area (Å²) in [4.78, 5) is 12.0. The molecule has 0 spiro atoms. The van der Waals surface area contributed by atoms with Crippen LogP contribution in [-0.4, -0.2) is 6.03 Å². The molecule has 0 heterocycles. The van der Waals surface area contributed by atoms with Crippen molar-refractivity contribution in [2.24, 2.45) is 0 Å². The van der Waals surface area contributed by atoms with Gasteiger partial charge in [0.05, 0.1) is 0 Å². The van der Waals surface area contributed by atoms with Gasteiger partial charge in [0, 0.05) is 12.2 Å². The van der Waals surface area contributed by atoms with Gasteiger partial charge in [0.2, 0.25) is 0 Å². The summed E-state index contributed by atoms with van der Waals surface area (Å²) in [5.74, 6) is -0.303. The van der Waals surface area contributed by atoms with Crippen LogP contribution in [0.3, 0.4) is 0 Å². The molecule has 2 aromatic carbocycles. The maximum absolute atomic E-state index is 13.1. The molecule has 0 aliphatic rings. The Kier molecular flexibility index (Phi) is 6.15. The summed E-state index contributed by atoms with van der Waals surface area (Å²) in [5, 5.41) is 5.57. The van der Waals surface area contributed by atoms with E-state index in [0.717, 1.165) is 23.2 Å². The summed E-state index contributed by atoms with van der Waals surface area (Å²) < 4.78 is 13.1. The van der Waals surface area contributed by atoms with E-state index in [1.54, 1.807) is 12.1 Å². The Hall–Kier alpha value is -2.36. The van der Waals surface area contributed by atoms with Crippen LogP contribution in [0.15, 0.2) is 42.5 Å². The Morgan fingerprint density at radius 2 is 1.96 bits per heavy atom. The van der Waals surface area contributed by atoms with E-state index in [-0.39, 0.29) is 18.4 Å². The second kappa shape index (κ2) is 8.32. The Bertz CT molecular complexity index is 670. The molecule has 2 amide bonds. The zero-order valence-corrected chi connectivity index (χ0v) is 13.7.